The van der Waals surface area contributed by atoms with Crippen molar-refractivity contribution < 1.29 is 9.53 Å². The van der Waals surface area contributed by atoms with Gasteiger partial charge in [0.15, 0.2) is 0 Å². The van der Waals surface area contributed by atoms with Crippen molar-refractivity contribution in [3.63, 3.8) is 0 Å². The standard InChI is InChI=1S/C13H17NO2.ClH/c1-10(15)16-12-6-4-5-11(9-12)13-7-2-3-8-14-13;/h4-6,9,13-14H,2-3,7-8H2,1H3;1H/t13-;/m1./s1. The maximum atomic E-state index is 10.9. The lowest BCUT2D eigenvalue weighted by Gasteiger charge is -2.24. The van der Waals surface area contributed by atoms with E-state index in [1.165, 1.54) is 25.3 Å². The zero-order valence-electron chi connectivity index (χ0n) is 9.94. The predicted octanol–water partition coefficient (Wildman–Crippen LogP) is 2.85. The van der Waals surface area contributed by atoms with E-state index in [1.807, 2.05) is 18.2 Å². The Morgan fingerprint density at radius 2 is 2.24 bits per heavy atom. The minimum absolute atomic E-state index is 0. The first-order chi connectivity index (χ1) is 7.75. The lowest BCUT2D eigenvalue weighted by atomic mass is 9.97. The van der Waals surface area contributed by atoms with E-state index in [1.54, 1.807) is 0 Å². The average molecular weight is 256 g/mol. The molecule has 0 radical (unpaired) electrons. The third-order valence-electron chi connectivity index (χ3n) is 2.83. The van der Waals surface area contributed by atoms with Gasteiger partial charge >= 0.3 is 5.97 Å². The molecule has 0 aromatic heterocycles. The second-order valence-electron chi connectivity index (χ2n) is 4.17. The van der Waals surface area contributed by atoms with E-state index in [4.69, 9.17) is 4.74 Å². The number of hydrogen-bond donors (Lipinski definition) is 1. The van der Waals surface area contributed by atoms with Crippen LogP contribution in [-0.4, -0.2) is 12.5 Å². The number of hydrogen-bond acceptors (Lipinski definition) is 3. The van der Waals surface area contributed by atoms with Crippen molar-refractivity contribution in [3.05, 3.63) is 29.8 Å². The fraction of sp³-hybridized carbons (Fsp3) is 0.462. The van der Waals surface area contributed by atoms with Gasteiger partial charge in [0.1, 0.15) is 5.75 Å². The first-order valence-corrected chi connectivity index (χ1v) is 5.77. The lowest BCUT2D eigenvalue weighted by molar-refractivity contribution is -0.131. The molecule has 94 valence electrons. The van der Waals surface area contributed by atoms with E-state index in [9.17, 15) is 4.79 Å². The van der Waals surface area contributed by atoms with Crippen LogP contribution in [0.4, 0.5) is 0 Å². The Kier molecular flexibility index (Phi) is 5.45. The summed E-state index contributed by atoms with van der Waals surface area (Å²) in [5.74, 6) is 0.367. The van der Waals surface area contributed by atoms with Gasteiger partial charge in [0.2, 0.25) is 0 Å². The molecule has 1 saturated heterocycles. The second-order valence-corrected chi connectivity index (χ2v) is 4.17. The molecule has 1 aliphatic heterocycles. The van der Waals surface area contributed by atoms with Gasteiger partial charge in [-0.15, -0.1) is 12.4 Å². The third kappa shape index (κ3) is 4.02. The van der Waals surface area contributed by atoms with Gasteiger partial charge in [-0.05, 0) is 37.1 Å². The van der Waals surface area contributed by atoms with Crippen LogP contribution in [0.3, 0.4) is 0 Å². The number of halogens is 1. The van der Waals surface area contributed by atoms with E-state index in [-0.39, 0.29) is 18.4 Å². The van der Waals surface area contributed by atoms with Crippen LogP contribution in [0.2, 0.25) is 0 Å². The number of ether oxygens (including phenoxy) is 1. The van der Waals surface area contributed by atoms with Crippen LogP contribution in [0, 0.1) is 0 Å². The molecule has 1 aromatic carbocycles. The van der Waals surface area contributed by atoms with Crippen LogP contribution in [0.5, 0.6) is 5.75 Å². The lowest BCUT2D eigenvalue weighted by Crippen LogP contribution is -2.26. The Morgan fingerprint density at radius 1 is 1.41 bits per heavy atom. The molecule has 0 bridgehead atoms. The molecule has 2 rings (SSSR count). The molecule has 0 spiro atoms. The second kappa shape index (κ2) is 6.62. The Bertz CT molecular complexity index is 375. The van der Waals surface area contributed by atoms with Crippen molar-refractivity contribution in [1.82, 2.24) is 5.32 Å². The first kappa shape index (κ1) is 14.0. The summed E-state index contributed by atoms with van der Waals surface area (Å²) >= 11 is 0. The molecule has 1 aliphatic rings. The minimum Gasteiger partial charge on any atom is -0.427 e. The van der Waals surface area contributed by atoms with E-state index >= 15 is 0 Å². The summed E-state index contributed by atoms with van der Waals surface area (Å²) in [5.41, 5.74) is 1.21. The van der Waals surface area contributed by atoms with Crippen molar-refractivity contribution in [2.75, 3.05) is 6.54 Å². The Morgan fingerprint density at radius 3 is 2.88 bits per heavy atom. The van der Waals surface area contributed by atoms with Crippen molar-refractivity contribution in [2.24, 2.45) is 0 Å². The number of benzene rings is 1. The molecule has 1 N–H and O–H groups in total. The summed E-state index contributed by atoms with van der Waals surface area (Å²) in [5, 5.41) is 3.48. The highest BCUT2D eigenvalue weighted by atomic mass is 35.5. The predicted molar refractivity (Wildman–Crippen MR) is 69.6 cm³/mol. The van der Waals surface area contributed by atoms with Crippen molar-refractivity contribution in [2.45, 2.75) is 32.2 Å². The normalized spacial score (nSPS) is 19.2. The van der Waals surface area contributed by atoms with Crippen LogP contribution < -0.4 is 10.1 Å². The van der Waals surface area contributed by atoms with Crippen molar-refractivity contribution in [3.8, 4) is 5.75 Å². The summed E-state index contributed by atoms with van der Waals surface area (Å²) in [6.07, 6.45) is 3.67. The van der Waals surface area contributed by atoms with E-state index in [0.29, 0.717) is 11.8 Å². The van der Waals surface area contributed by atoms with Crippen LogP contribution in [0.1, 0.15) is 37.8 Å². The maximum absolute atomic E-state index is 10.9. The highest BCUT2D eigenvalue weighted by molar-refractivity contribution is 5.85. The van der Waals surface area contributed by atoms with Gasteiger partial charge in [0.05, 0.1) is 0 Å². The van der Waals surface area contributed by atoms with Gasteiger partial charge in [-0.25, -0.2) is 0 Å². The fourth-order valence-electron chi connectivity index (χ4n) is 2.10. The summed E-state index contributed by atoms with van der Waals surface area (Å²) < 4.78 is 5.08. The molecule has 17 heavy (non-hydrogen) atoms. The molecule has 0 amide bonds. The number of nitrogens with one attached hydrogen (secondary N) is 1. The molecule has 0 saturated carbocycles. The highest BCUT2D eigenvalue weighted by Crippen LogP contribution is 2.25. The summed E-state index contributed by atoms with van der Waals surface area (Å²) in [4.78, 5) is 10.9. The Balaban J connectivity index is 0.00000144. The largest absolute Gasteiger partial charge is 0.427 e. The fourth-order valence-corrected chi connectivity index (χ4v) is 2.10. The Labute approximate surface area is 108 Å². The highest BCUT2D eigenvalue weighted by Gasteiger charge is 2.14. The van der Waals surface area contributed by atoms with Gasteiger partial charge in [0.25, 0.3) is 0 Å². The number of carbonyl (C=O) groups is 1. The third-order valence-corrected chi connectivity index (χ3v) is 2.83. The van der Waals surface area contributed by atoms with Gasteiger partial charge < -0.3 is 10.1 Å². The number of rotatable bonds is 2. The molecule has 4 heteroatoms. The molecule has 3 nitrogen and oxygen atoms in total. The maximum Gasteiger partial charge on any atom is 0.308 e. The van der Waals surface area contributed by atoms with E-state index < -0.39 is 0 Å². The Hall–Kier alpha value is -1.06. The molecule has 0 unspecified atom stereocenters. The smallest absolute Gasteiger partial charge is 0.308 e. The molecular weight excluding hydrogens is 238 g/mol. The molecule has 1 fully saturated rings. The summed E-state index contributed by atoms with van der Waals surface area (Å²) in [7, 11) is 0. The topological polar surface area (TPSA) is 38.3 Å². The number of esters is 1. The van der Waals surface area contributed by atoms with Gasteiger partial charge in [-0.1, -0.05) is 18.6 Å². The molecule has 1 heterocycles. The SMILES string of the molecule is CC(=O)Oc1cccc([C@H]2CCCCN2)c1.Cl. The number of carbonyl (C=O) groups excluding carboxylic acids is 1. The molecular formula is C13H18ClNO2. The van der Waals surface area contributed by atoms with Crippen LogP contribution in [0.15, 0.2) is 24.3 Å². The van der Waals surface area contributed by atoms with E-state index in [0.717, 1.165) is 13.0 Å². The summed E-state index contributed by atoms with van der Waals surface area (Å²) in [6, 6.07) is 8.18. The first-order valence-electron chi connectivity index (χ1n) is 5.77. The van der Waals surface area contributed by atoms with Gasteiger partial charge in [0, 0.05) is 13.0 Å². The van der Waals surface area contributed by atoms with Gasteiger partial charge in [-0.2, -0.15) is 0 Å². The number of piperidine rings is 1. The minimum atomic E-state index is -0.270. The monoisotopic (exact) mass is 255 g/mol. The summed E-state index contributed by atoms with van der Waals surface area (Å²) in [6.45, 7) is 2.49. The van der Waals surface area contributed by atoms with Crippen LogP contribution in [0.25, 0.3) is 0 Å². The zero-order chi connectivity index (χ0) is 11.4. The van der Waals surface area contributed by atoms with Crippen LogP contribution in [-0.2, 0) is 4.79 Å². The quantitative estimate of drug-likeness (QED) is 0.652. The van der Waals surface area contributed by atoms with E-state index in [2.05, 4.69) is 11.4 Å². The van der Waals surface area contributed by atoms with Crippen LogP contribution >= 0.6 is 12.4 Å². The van der Waals surface area contributed by atoms with Gasteiger partial charge in [-0.3, -0.25) is 4.79 Å². The zero-order valence-corrected chi connectivity index (χ0v) is 10.8. The molecule has 0 aliphatic carbocycles. The average Bonchev–Trinajstić information content (AvgIpc) is 2.30. The molecule has 1 atom stereocenters. The van der Waals surface area contributed by atoms with Crippen molar-refractivity contribution >= 4 is 18.4 Å². The van der Waals surface area contributed by atoms with Crippen molar-refractivity contribution in [1.29, 1.82) is 0 Å². The molecule has 1 aromatic rings.